The summed E-state index contributed by atoms with van der Waals surface area (Å²) in [5.74, 6) is 2.64. The minimum absolute atomic E-state index is 0.114. The zero-order valence-corrected chi connectivity index (χ0v) is 17.3. The average Bonchev–Trinajstić information content (AvgIpc) is 2.64. The molecule has 152 valence electrons. The standard InChI is InChI=1S/C22H37N3O2/c1-14(2)19(20(26)25-6-4-5-18(13-25)23-3)24-21(27)22-10-15-7-16(11-22)9-17(8-15)12-22/h14-19,23H,4-13H2,1-3H3,(H,24,27). The molecule has 5 rings (SSSR count). The molecule has 1 aliphatic heterocycles. The molecular formula is C22H37N3O2. The van der Waals surface area contributed by atoms with Gasteiger partial charge in [0.15, 0.2) is 0 Å². The molecule has 4 aliphatic carbocycles. The summed E-state index contributed by atoms with van der Waals surface area (Å²) in [6, 6.07) is -0.0181. The van der Waals surface area contributed by atoms with Crippen LogP contribution in [-0.4, -0.2) is 48.9 Å². The van der Waals surface area contributed by atoms with Gasteiger partial charge in [0.2, 0.25) is 11.8 Å². The zero-order valence-electron chi connectivity index (χ0n) is 17.3. The first-order valence-electron chi connectivity index (χ1n) is 11.2. The van der Waals surface area contributed by atoms with Gasteiger partial charge in [0.1, 0.15) is 6.04 Å². The third-order valence-electron chi connectivity index (χ3n) is 7.88. The minimum atomic E-state index is -0.388. The highest BCUT2D eigenvalue weighted by Gasteiger charge is 2.55. The number of amides is 2. The summed E-state index contributed by atoms with van der Waals surface area (Å²) >= 11 is 0. The van der Waals surface area contributed by atoms with Crippen molar-refractivity contribution in [3.8, 4) is 0 Å². The fourth-order valence-corrected chi connectivity index (χ4v) is 6.81. The van der Waals surface area contributed by atoms with Crippen molar-refractivity contribution < 1.29 is 9.59 Å². The molecule has 5 heteroatoms. The Balaban J connectivity index is 1.45. The van der Waals surface area contributed by atoms with Crippen molar-refractivity contribution in [1.82, 2.24) is 15.5 Å². The molecule has 1 saturated heterocycles. The van der Waals surface area contributed by atoms with Crippen molar-refractivity contribution in [2.45, 2.75) is 77.3 Å². The SMILES string of the molecule is CNC1CCCN(C(=O)C(NC(=O)C23CC4CC(CC(C4)C2)C3)C(C)C)C1. The number of carbonyl (C=O) groups is 2. The number of nitrogens with one attached hydrogen (secondary N) is 2. The van der Waals surface area contributed by atoms with E-state index in [0.29, 0.717) is 6.04 Å². The van der Waals surface area contributed by atoms with Crippen molar-refractivity contribution in [2.75, 3.05) is 20.1 Å². The van der Waals surface area contributed by atoms with Crippen LogP contribution in [0.3, 0.4) is 0 Å². The molecule has 0 aromatic heterocycles. The summed E-state index contributed by atoms with van der Waals surface area (Å²) in [4.78, 5) is 28.6. The molecule has 2 N–H and O–H groups in total. The molecular weight excluding hydrogens is 338 g/mol. The fourth-order valence-electron chi connectivity index (χ4n) is 6.81. The van der Waals surface area contributed by atoms with E-state index in [4.69, 9.17) is 0 Å². The van der Waals surface area contributed by atoms with Crippen molar-refractivity contribution >= 4 is 11.8 Å². The number of hydrogen-bond donors (Lipinski definition) is 2. The Morgan fingerprint density at radius 1 is 1.04 bits per heavy atom. The quantitative estimate of drug-likeness (QED) is 0.776. The van der Waals surface area contributed by atoms with Crippen LogP contribution in [0.25, 0.3) is 0 Å². The van der Waals surface area contributed by atoms with Gasteiger partial charge in [-0.25, -0.2) is 0 Å². The Kier molecular flexibility index (Phi) is 5.26. The molecule has 5 fully saturated rings. The van der Waals surface area contributed by atoms with Gasteiger partial charge in [-0.15, -0.1) is 0 Å². The Morgan fingerprint density at radius 3 is 2.15 bits per heavy atom. The number of rotatable bonds is 5. The van der Waals surface area contributed by atoms with Crippen LogP contribution in [0.4, 0.5) is 0 Å². The van der Waals surface area contributed by atoms with E-state index in [9.17, 15) is 9.59 Å². The van der Waals surface area contributed by atoms with Gasteiger partial charge in [-0.05, 0) is 82.1 Å². The number of hydrogen-bond acceptors (Lipinski definition) is 3. The van der Waals surface area contributed by atoms with Gasteiger partial charge in [-0.1, -0.05) is 13.8 Å². The first-order valence-corrected chi connectivity index (χ1v) is 11.2. The van der Waals surface area contributed by atoms with Gasteiger partial charge >= 0.3 is 0 Å². The summed E-state index contributed by atoms with van der Waals surface area (Å²) in [6.07, 6.45) is 9.30. The topological polar surface area (TPSA) is 61.4 Å². The van der Waals surface area contributed by atoms with E-state index >= 15 is 0 Å². The van der Waals surface area contributed by atoms with E-state index in [1.807, 2.05) is 11.9 Å². The van der Waals surface area contributed by atoms with Gasteiger partial charge < -0.3 is 15.5 Å². The number of piperidine rings is 1. The van der Waals surface area contributed by atoms with Crippen LogP contribution in [0.15, 0.2) is 0 Å². The molecule has 1 heterocycles. The maximum Gasteiger partial charge on any atom is 0.245 e. The molecule has 0 spiro atoms. The van der Waals surface area contributed by atoms with Crippen molar-refractivity contribution in [1.29, 1.82) is 0 Å². The summed E-state index contributed by atoms with van der Waals surface area (Å²) < 4.78 is 0. The van der Waals surface area contributed by atoms with Crippen LogP contribution in [-0.2, 0) is 9.59 Å². The van der Waals surface area contributed by atoms with Crippen molar-refractivity contribution in [3.05, 3.63) is 0 Å². The zero-order chi connectivity index (χ0) is 19.2. The van der Waals surface area contributed by atoms with Gasteiger partial charge in [-0.3, -0.25) is 9.59 Å². The highest BCUT2D eigenvalue weighted by Crippen LogP contribution is 2.60. The van der Waals surface area contributed by atoms with Crippen LogP contribution in [0.2, 0.25) is 0 Å². The second-order valence-corrected chi connectivity index (χ2v) is 10.3. The van der Waals surface area contributed by atoms with Gasteiger partial charge in [-0.2, -0.15) is 0 Å². The lowest BCUT2D eigenvalue weighted by atomic mass is 9.49. The normalized spacial score (nSPS) is 38.9. The van der Waals surface area contributed by atoms with E-state index in [2.05, 4.69) is 24.5 Å². The van der Waals surface area contributed by atoms with Gasteiger partial charge in [0, 0.05) is 24.5 Å². The van der Waals surface area contributed by atoms with Crippen LogP contribution < -0.4 is 10.6 Å². The highest BCUT2D eigenvalue weighted by molar-refractivity contribution is 5.90. The predicted octanol–water partition coefficient (Wildman–Crippen LogP) is 2.55. The molecule has 2 amide bonds. The fraction of sp³-hybridized carbons (Fsp3) is 0.909. The lowest BCUT2D eigenvalue weighted by Gasteiger charge is -2.56. The summed E-state index contributed by atoms with van der Waals surface area (Å²) in [5.41, 5.74) is -0.183. The highest BCUT2D eigenvalue weighted by atomic mass is 16.2. The summed E-state index contributed by atoms with van der Waals surface area (Å²) in [6.45, 7) is 5.68. The van der Waals surface area contributed by atoms with E-state index < -0.39 is 0 Å². The minimum Gasteiger partial charge on any atom is -0.344 e. The Morgan fingerprint density at radius 2 is 1.63 bits per heavy atom. The molecule has 0 radical (unpaired) electrons. The monoisotopic (exact) mass is 375 g/mol. The molecule has 4 saturated carbocycles. The maximum absolute atomic E-state index is 13.4. The Labute approximate surface area is 164 Å². The molecule has 5 nitrogen and oxygen atoms in total. The number of likely N-dealkylation sites (N-methyl/N-ethyl adjacent to an activating group) is 1. The third-order valence-corrected chi connectivity index (χ3v) is 7.88. The van der Waals surface area contributed by atoms with Gasteiger partial charge in [0.25, 0.3) is 0 Å². The van der Waals surface area contributed by atoms with E-state index in [-0.39, 0.29) is 29.2 Å². The molecule has 2 atom stereocenters. The van der Waals surface area contributed by atoms with Crippen LogP contribution in [0.5, 0.6) is 0 Å². The lowest BCUT2D eigenvalue weighted by molar-refractivity contribution is -0.151. The van der Waals surface area contributed by atoms with Crippen molar-refractivity contribution in [2.24, 2.45) is 29.1 Å². The Bertz CT molecular complexity index is 553. The number of likely N-dealkylation sites (tertiary alicyclic amines) is 1. The average molecular weight is 376 g/mol. The van der Waals surface area contributed by atoms with E-state index in [1.165, 1.54) is 19.3 Å². The molecule has 0 aromatic carbocycles. The predicted molar refractivity (Wildman–Crippen MR) is 106 cm³/mol. The molecule has 27 heavy (non-hydrogen) atoms. The summed E-state index contributed by atoms with van der Waals surface area (Å²) in [5, 5.41) is 6.56. The second-order valence-electron chi connectivity index (χ2n) is 10.3. The first kappa shape index (κ1) is 19.2. The van der Waals surface area contributed by atoms with Crippen molar-refractivity contribution in [3.63, 3.8) is 0 Å². The third kappa shape index (κ3) is 3.64. The smallest absolute Gasteiger partial charge is 0.245 e. The molecule has 2 unspecified atom stereocenters. The van der Waals surface area contributed by atoms with Crippen LogP contribution >= 0.6 is 0 Å². The first-order chi connectivity index (χ1) is 12.9. The maximum atomic E-state index is 13.4. The molecule has 4 bridgehead atoms. The number of nitrogens with zero attached hydrogens (tertiary/aromatic N) is 1. The second kappa shape index (κ2) is 7.38. The molecule has 0 aromatic rings. The summed E-state index contributed by atoms with van der Waals surface area (Å²) in [7, 11) is 1.97. The van der Waals surface area contributed by atoms with E-state index in [1.54, 1.807) is 0 Å². The van der Waals surface area contributed by atoms with Crippen LogP contribution in [0, 0.1) is 29.1 Å². The Hall–Kier alpha value is -1.10. The van der Waals surface area contributed by atoms with Crippen LogP contribution in [0.1, 0.15) is 65.2 Å². The lowest BCUT2D eigenvalue weighted by Crippen LogP contribution is -2.60. The molecule has 5 aliphatic rings. The van der Waals surface area contributed by atoms with Gasteiger partial charge in [0.05, 0.1) is 0 Å². The number of carbonyl (C=O) groups excluding carboxylic acids is 2. The largest absolute Gasteiger partial charge is 0.344 e. The van der Waals surface area contributed by atoms with E-state index in [0.717, 1.165) is 62.9 Å².